The topological polar surface area (TPSA) is 67.8 Å². The van der Waals surface area contributed by atoms with Crippen molar-refractivity contribution in [3.63, 3.8) is 0 Å². The smallest absolute Gasteiger partial charge is 0.276 e. The lowest BCUT2D eigenvalue weighted by Crippen LogP contribution is -2.18. The Hall–Kier alpha value is -1.86. The summed E-state index contributed by atoms with van der Waals surface area (Å²) in [6.45, 7) is 2.39. The van der Waals surface area contributed by atoms with E-state index in [4.69, 9.17) is 4.74 Å². The fraction of sp³-hybridized carbons (Fsp3) is 0.133. The zero-order valence-corrected chi connectivity index (χ0v) is 14.3. The molecule has 0 aliphatic heterocycles. The molecule has 22 heavy (non-hydrogen) atoms. The number of sulfonamides is 1. The van der Waals surface area contributed by atoms with Gasteiger partial charge in [0.05, 0.1) is 17.7 Å². The maximum atomic E-state index is 12.1. The predicted molar refractivity (Wildman–Crippen MR) is 89.7 cm³/mol. The Morgan fingerprint density at radius 3 is 2.50 bits per heavy atom. The van der Waals surface area contributed by atoms with Gasteiger partial charge in [-0.1, -0.05) is 34.1 Å². The zero-order chi connectivity index (χ0) is 16.0. The average molecular weight is 383 g/mol. The summed E-state index contributed by atoms with van der Waals surface area (Å²) in [4.78, 5) is 2.31. The van der Waals surface area contributed by atoms with Gasteiger partial charge in [-0.15, -0.1) is 0 Å². The molecule has 0 unspecified atom stereocenters. The second kappa shape index (κ2) is 7.42. The Morgan fingerprint density at radius 1 is 1.18 bits per heavy atom. The van der Waals surface area contributed by atoms with Crippen LogP contribution in [-0.2, 0) is 10.0 Å². The van der Waals surface area contributed by atoms with Crippen molar-refractivity contribution >= 4 is 32.2 Å². The van der Waals surface area contributed by atoms with Crippen LogP contribution in [0.2, 0.25) is 0 Å². The van der Waals surface area contributed by atoms with E-state index in [0.29, 0.717) is 12.4 Å². The fourth-order valence-corrected chi connectivity index (χ4v) is 2.86. The molecule has 0 fully saturated rings. The molecular formula is C15H15BrN2O3S. The maximum absolute atomic E-state index is 12.1. The summed E-state index contributed by atoms with van der Waals surface area (Å²) in [6.07, 6.45) is 1.44. The van der Waals surface area contributed by atoms with Crippen LogP contribution in [0.5, 0.6) is 5.75 Å². The van der Waals surface area contributed by atoms with Gasteiger partial charge in [-0.05, 0) is 37.3 Å². The molecule has 7 heteroatoms. The van der Waals surface area contributed by atoms with Crippen LogP contribution in [0.4, 0.5) is 0 Å². The molecule has 0 atom stereocenters. The third-order valence-electron chi connectivity index (χ3n) is 2.73. The molecular weight excluding hydrogens is 368 g/mol. The number of hydrogen-bond donors (Lipinski definition) is 1. The predicted octanol–water partition coefficient (Wildman–Crippen LogP) is 3.16. The largest absolute Gasteiger partial charge is 0.494 e. The van der Waals surface area contributed by atoms with E-state index in [9.17, 15) is 8.42 Å². The minimum Gasteiger partial charge on any atom is -0.494 e. The van der Waals surface area contributed by atoms with Gasteiger partial charge in [0.2, 0.25) is 0 Å². The molecule has 116 valence electrons. The van der Waals surface area contributed by atoms with E-state index < -0.39 is 10.0 Å². The molecule has 0 radical (unpaired) electrons. The van der Waals surface area contributed by atoms with Crippen molar-refractivity contribution in [1.82, 2.24) is 4.83 Å². The van der Waals surface area contributed by atoms with E-state index in [-0.39, 0.29) is 4.90 Å². The van der Waals surface area contributed by atoms with Gasteiger partial charge in [-0.25, -0.2) is 4.83 Å². The fourth-order valence-electron chi connectivity index (χ4n) is 1.68. The lowest BCUT2D eigenvalue weighted by atomic mass is 10.2. The van der Waals surface area contributed by atoms with Crippen molar-refractivity contribution in [2.45, 2.75) is 11.8 Å². The minimum absolute atomic E-state index is 0.125. The van der Waals surface area contributed by atoms with Gasteiger partial charge in [-0.3, -0.25) is 0 Å². The van der Waals surface area contributed by atoms with Crippen LogP contribution in [0, 0.1) is 0 Å². The molecule has 0 heterocycles. The van der Waals surface area contributed by atoms with Gasteiger partial charge in [-0.2, -0.15) is 13.5 Å². The summed E-state index contributed by atoms with van der Waals surface area (Å²) in [5, 5.41) is 3.79. The third kappa shape index (κ3) is 4.32. The number of hydrogen-bond acceptors (Lipinski definition) is 4. The van der Waals surface area contributed by atoms with Gasteiger partial charge in [0.25, 0.3) is 10.0 Å². The Balaban J connectivity index is 2.09. The Morgan fingerprint density at radius 2 is 1.86 bits per heavy atom. The number of benzene rings is 2. The van der Waals surface area contributed by atoms with Gasteiger partial charge >= 0.3 is 0 Å². The monoisotopic (exact) mass is 382 g/mol. The zero-order valence-electron chi connectivity index (χ0n) is 11.9. The Kier molecular flexibility index (Phi) is 5.57. The maximum Gasteiger partial charge on any atom is 0.276 e. The Bertz CT molecular complexity index is 759. The molecule has 0 bridgehead atoms. The number of halogens is 1. The molecule has 2 rings (SSSR count). The first-order chi connectivity index (χ1) is 10.5. The highest BCUT2D eigenvalue weighted by Crippen LogP contribution is 2.16. The molecule has 1 N–H and O–H groups in total. The van der Waals surface area contributed by atoms with Crippen molar-refractivity contribution in [1.29, 1.82) is 0 Å². The van der Waals surface area contributed by atoms with E-state index in [1.54, 1.807) is 12.1 Å². The van der Waals surface area contributed by atoms with Gasteiger partial charge in [0.1, 0.15) is 5.75 Å². The Labute approximate surface area is 138 Å². The van der Waals surface area contributed by atoms with Gasteiger partial charge < -0.3 is 4.74 Å². The van der Waals surface area contributed by atoms with Crippen molar-refractivity contribution < 1.29 is 13.2 Å². The van der Waals surface area contributed by atoms with Crippen LogP contribution in [0.15, 0.2) is 63.0 Å². The van der Waals surface area contributed by atoms with E-state index in [1.807, 2.05) is 31.2 Å². The molecule has 0 aliphatic rings. The number of hydrazone groups is 1. The molecule has 2 aromatic carbocycles. The van der Waals surface area contributed by atoms with Crippen molar-refractivity contribution in [2.75, 3.05) is 6.61 Å². The summed E-state index contributed by atoms with van der Waals surface area (Å²) in [7, 11) is -3.69. The SMILES string of the molecule is CCOc1ccc(S(=O)(=O)NN=Cc2ccccc2Br)cc1. The van der Waals surface area contributed by atoms with Crippen LogP contribution in [0.1, 0.15) is 12.5 Å². The van der Waals surface area contributed by atoms with Gasteiger partial charge in [0.15, 0.2) is 0 Å². The average Bonchev–Trinajstić information content (AvgIpc) is 2.50. The highest BCUT2D eigenvalue weighted by Gasteiger charge is 2.12. The highest BCUT2D eigenvalue weighted by molar-refractivity contribution is 9.10. The molecule has 0 saturated carbocycles. The summed E-state index contributed by atoms with van der Waals surface area (Å²) in [5.41, 5.74) is 0.775. The van der Waals surface area contributed by atoms with E-state index in [2.05, 4.69) is 25.9 Å². The second-order valence-corrected chi connectivity index (χ2v) is 6.79. The van der Waals surface area contributed by atoms with E-state index in [0.717, 1.165) is 10.0 Å². The lowest BCUT2D eigenvalue weighted by molar-refractivity contribution is 0.340. The highest BCUT2D eigenvalue weighted by atomic mass is 79.9. The normalized spacial score (nSPS) is 11.5. The van der Waals surface area contributed by atoms with Crippen LogP contribution in [-0.4, -0.2) is 21.2 Å². The first kappa shape index (κ1) is 16.5. The lowest BCUT2D eigenvalue weighted by Gasteiger charge is -2.06. The number of rotatable bonds is 6. The molecule has 0 aromatic heterocycles. The van der Waals surface area contributed by atoms with Crippen LogP contribution >= 0.6 is 15.9 Å². The summed E-state index contributed by atoms with van der Waals surface area (Å²) in [5.74, 6) is 0.623. The van der Waals surface area contributed by atoms with Crippen LogP contribution in [0.3, 0.4) is 0 Å². The van der Waals surface area contributed by atoms with Crippen molar-refractivity contribution in [3.05, 3.63) is 58.6 Å². The van der Waals surface area contributed by atoms with E-state index >= 15 is 0 Å². The van der Waals surface area contributed by atoms with Crippen molar-refractivity contribution in [3.8, 4) is 5.75 Å². The second-order valence-electron chi connectivity index (χ2n) is 4.28. The molecule has 0 saturated heterocycles. The molecule has 0 spiro atoms. The summed E-state index contributed by atoms with van der Waals surface area (Å²) in [6, 6.07) is 13.5. The number of nitrogens with one attached hydrogen (secondary N) is 1. The van der Waals surface area contributed by atoms with Crippen molar-refractivity contribution in [2.24, 2.45) is 5.10 Å². The minimum atomic E-state index is -3.69. The standard InChI is InChI=1S/C15H15BrN2O3S/c1-2-21-13-7-9-14(10-8-13)22(19,20)18-17-11-12-5-3-4-6-15(12)16/h3-11,18H,2H2,1H3. The first-order valence-corrected chi connectivity index (χ1v) is 8.83. The first-order valence-electron chi connectivity index (χ1n) is 6.55. The molecule has 2 aromatic rings. The van der Waals surface area contributed by atoms with Crippen LogP contribution in [0.25, 0.3) is 0 Å². The van der Waals surface area contributed by atoms with Gasteiger partial charge in [0, 0.05) is 10.0 Å². The molecule has 0 aliphatic carbocycles. The summed E-state index contributed by atoms with van der Waals surface area (Å²) < 4.78 is 30.3. The quantitative estimate of drug-likeness (QED) is 0.616. The third-order valence-corrected chi connectivity index (χ3v) is 4.69. The summed E-state index contributed by atoms with van der Waals surface area (Å²) >= 11 is 3.36. The van der Waals surface area contributed by atoms with Crippen LogP contribution < -0.4 is 9.57 Å². The van der Waals surface area contributed by atoms with E-state index in [1.165, 1.54) is 18.3 Å². The number of ether oxygens (including phenoxy) is 1. The molecule has 5 nitrogen and oxygen atoms in total. The number of nitrogens with zero attached hydrogens (tertiary/aromatic N) is 1. The molecule has 0 amide bonds.